The Morgan fingerprint density at radius 3 is 2.83 bits per heavy atom. The topological polar surface area (TPSA) is 62.2 Å². The van der Waals surface area contributed by atoms with Crippen LogP contribution in [0.3, 0.4) is 0 Å². The van der Waals surface area contributed by atoms with E-state index in [0.29, 0.717) is 0 Å². The predicted octanol–water partition coefficient (Wildman–Crippen LogP) is 2.83. The van der Waals surface area contributed by atoms with Gasteiger partial charge in [0.2, 0.25) is 0 Å². The Balaban J connectivity index is 2.24. The molecule has 92 valence electrons. The molecule has 0 aliphatic carbocycles. The summed E-state index contributed by atoms with van der Waals surface area (Å²) in [6.07, 6.45) is 2.27. The van der Waals surface area contributed by atoms with Crippen molar-refractivity contribution in [2.24, 2.45) is 0 Å². The highest BCUT2D eigenvalue weighted by atomic mass is 35.5. The summed E-state index contributed by atoms with van der Waals surface area (Å²) in [5.41, 5.74) is 0.157. The van der Waals surface area contributed by atoms with Crippen molar-refractivity contribution in [1.29, 1.82) is 0 Å². The minimum Gasteiger partial charge on any atom is -0.508 e. The van der Waals surface area contributed by atoms with Crippen molar-refractivity contribution >= 4 is 23.2 Å². The summed E-state index contributed by atoms with van der Waals surface area (Å²) in [5.74, 6) is -1.37. The van der Waals surface area contributed by atoms with E-state index in [1.807, 2.05) is 0 Å². The van der Waals surface area contributed by atoms with E-state index >= 15 is 0 Å². The van der Waals surface area contributed by atoms with Crippen LogP contribution in [0.1, 0.15) is 10.4 Å². The Kier molecular flexibility index (Phi) is 3.43. The normalized spacial score (nSPS) is 10.1. The first-order valence-corrected chi connectivity index (χ1v) is 5.35. The first-order valence-electron chi connectivity index (χ1n) is 4.97. The summed E-state index contributed by atoms with van der Waals surface area (Å²) >= 11 is 5.82. The monoisotopic (exact) mass is 266 g/mol. The molecule has 1 heterocycles. The molecular weight excluding hydrogens is 259 g/mol. The number of nitrogens with zero attached hydrogens (tertiary/aromatic N) is 1. The van der Waals surface area contributed by atoms with Crippen molar-refractivity contribution in [3.8, 4) is 5.75 Å². The highest BCUT2D eigenvalue weighted by molar-refractivity contribution is 6.34. The third-order valence-corrected chi connectivity index (χ3v) is 2.53. The van der Waals surface area contributed by atoms with E-state index in [4.69, 9.17) is 16.7 Å². The van der Waals surface area contributed by atoms with Crippen LogP contribution in [0.2, 0.25) is 5.02 Å². The highest BCUT2D eigenvalue weighted by Crippen LogP contribution is 2.26. The first-order chi connectivity index (χ1) is 8.58. The molecule has 2 aromatic rings. The Labute approximate surface area is 107 Å². The van der Waals surface area contributed by atoms with Gasteiger partial charge in [-0.3, -0.25) is 9.78 Å². The Morgan fingerprint density at radius 1 is 1.39 bits per heavy atom. The molecule has 0 aliphatic rings. The van der Waals surface area contributed by atoms with Crippen molar-refractivity contribution in [1.82, 2.24) is 4.98 Å². The molecule has 6 heteroatoms. The molecule has 0 aliphatic heterocycles. The fraction of sp³-hybridized carbons (Fsp3) is 0. The van der Waals surface area contributed by atoms with Crippen LogP contribution in [-0.2, 0) is 0 Å². The van der Waals surface area contributed by atoms with E-state index < -0.39 is 11.7 Å². The fourth-order valence-corrected chi connectivity index (χ4v) is 1.58. The lowest BCUT2D eigenvalue weighted by Gasteiger charge is -2.07. The van der Waals surface area contributed by atoms with Gasteiger partial charge in [0.05, 0.1) is 22.5 Å². The molecule has 2 N–H and O–H groups in total. The van der Waals surface area contributed by atoms with Gasteiger partial charge < -0.3 is 10.4 Å². The number of hydrogen-bond acceptors (Lipinski definition) is 3. The number of halogens is 2. The van der Waals surface area contributed by atoms with Crippen LogP contribution in [0.5, 0.6) is 5.75 Å². The number of carbonyl (C=O) groups excluding carboxylic acids is 1. The Hall–Kier alpha value is -2.14. The lowest BCUT2D eigenvalue weighted by Crippen LogP contribution is -2.14. The number of carbonyl (C=O) groups is 1. The van der Waals surface area contributed by atoms with E-state index in [9.17, 15) is 9.18 Å². The zero-order valence-corrected chi connectivity index (χ0v) is 9.78. The Morgan fingerprint density at radius 2 is 2.17 bits per heavy atom. The maximum Gasteiger partial charge on any atom is 0.258 e. The minimum atomic E-state index is -0.718. The molecule has 4 nitrogen and oxygen atoms in total. The smallest absolute Gasteiger partial charge is 0.258 e. The molecule has 0 fully saturated rings. The third-order valence-electron chi connectivity index (χ3n) is 2.22. The third kappa shape index (κ3) is 2.57. The van der Waals surface area contributed by atoms with E-state index in [-0.39, 0.29) is 22.0 Å². The SMILES string of the molecule is O=C(Nc1ccc(O)cc1Cl)c1ccncc1F. The van der Waals surface area contributed by atoms with Gasteiger partial charge in [-0.2, -0.15) is 0 Å². The summed E-state index contributed by atoms with van der Waals surface area (Å²) in [6, 6.07) is 5.33. The molecule has 0 unspecified atom stereocenters. The van der Waals surface area contributed by atoms with Gasteiger partial charge in [0.1, 0.15) is 5.75 Å². The number of phenols is 1. The molecule has 18 heavy (non-hydrogen) atoms. The number of rotatable bonds is 2. The van der Waals surface area contributed by atoms with Crippen LogP contribution in [0.4, 0.5) is 10.1 Å². The number of aromatic nitrogens is 1. The lowest BCUT2D eigenvalue weighted by molar-refractivity contribution is 0.102. The predicted molar refractivity (Wildman–Crippen MR) is 65.3 cm³/mol. The second-order valence-electron chi connectivity index (χ2n) is 3.47. The van der Waals surface area contributed by atoms with Gasteiger partial charge >= 0.3 is 0 Å². The van der Waals surface area contributed by atoms with Gasteiger partial charge in [-0.05, 0) is 18.2 Å². The van der Waals surface area contributed by atoms with Crippen molar-refractivity contribution in [2.45, 2.75) is 0 Å². The average molecular weight is 267 g/mol. The standard InChI is InChI=1S/C12H8ClFN2O2/c13-9-5-7(17)1-2-11(9)16-12(18)8-3-4-15-6-10(8)14/h1-6,17H,(H,16,18). The van der Waals surface area contributed by atoms with Crippen LogP contribution in [0.25, 0.3) is 0 Å². The van der Waals surface area contributed by atoms with E-state index in [2.05, 4.69) is 10.3 Å². The second-order valence-corrected chi connectivity index (χ2v) is 3.88. The summed E-state index contributed by atoms with van der Waals surface area (Å²) in [4.78, 5) is 15.3. The van der Waals surface area contributed by atoms with Crippen molar-refractivity contribution in [3.63, 3.8) is 0 Å². The number of hydrogen-bond donors (Lipinski definition) is 2. The van der Waals surface area contributed by atoms with Crippen molar-refractivity contribution in [2.75, 3.05) is 5.32 Å². The fourth-order valence-electron chi connectivity index (χ4n) is 1.35. The van der Waals surface area contributed by atoms with Gasteiger partial charge in [-0.25, -0.2) is 4.39 Å². The largest absolute Gasteiger partial charge is 0.508 e. The lowest BCUT2D eigenvalue weighted by atomic mass is 10.2. The summed E-state index contributed by atoms with van der Waals surface area (Å²) < 4.78 is 13.3. The van der Waals surface area contributed by atoms with Gasteiger partial charge in [-0.1, -0.05) is 11.6 Å². The summed E-state index contributed by atoms with van der Waals surface area (Å²) in [6.45, 7) is 0. The number of nitrogens with one attached hydrogen (secondary N) is 1. The zero-order chi connectivity index (χ0) is 13.1. The van der Waals surface area contributed by atoms with Crippen LogP contribution in [-0.4, -0.2) is 16.0 Å². The number of aromatic hydroxyl groups is 1. The minimum absolute atomic E-state index is 0.0203. The summed E-state index contributed by atoms with van der Waals surface area (Å²) in [7, 11) is 0. The van der Waals surface area contributed by atoms with Gasteiger partial charge in [0, 0.05) is 12.3 Å². The maximum atomic E-state index is 13.3. The molecule has 2 rings (SSSR count). The molecule has 0 spiro atoms. The molecule has 1 amide bonds. The summed E-state index contributed by atoms with van der Waals surface area (Å²) in [5, 5.41) is 11.8. The molecule has 0 saturated carbocycles. The second kappa shape index (κ2) is 5.01. The molecule has 1 aromatic carbocycles. The molecule has 0 saturated heterocycles. The van der Waals surface area contributed by atoms with Crippen LogP contribution >= 0.6 is 11.6 Å². The molecular formula is C12H8ClFN2O2. The first kappa shape index (κ1) is 12.3. The van der Waals surface area contributed by atoms with Crippen LogP contribution in [0.15, 0.2) is 36.7 Å². The molecule has 0 bridgehead atoms. The van der Waals surface area contributed by atoms with E-state index in [1.165, 1.54) is 30.5 Å². The van der Waals surface area contributed by atoms with Crippen molar-refractivity contribution in [3.05, 3.63) is 53.1 Å². The maximum absolute atomic E-state index is 13.3. The van der Waals surface area contributed by atoms with Gasteiger partial charge in [0.15, 0.2) is 5.82 Å². The van der Waals surface area contributed by atoms with Gasteiger partial charge in [-0.15, -0.1) is 0 Å². The number of amides is 1. The van der Waals surface area contributed by atoms with Gasteiger partial charge in [0.25, 0.3) is 5.91 Å². The molecule has 0 atom stereocenters. The van der Waals surface area contributed by atoms with E-state index in [1.54, 1.807) is 0 Å². The van der Waals surface area contributed by atoms with Crippen LogP contribution in [0, 0.1) is 5.82 Å². The number of pyridine rings is 1. The van der Waals surface area contributed by atoms with Crippen LogP contribution < -0.4 is 5.32 Å². The highest BCUT2D eigenvalue weighted by Gasteiger charge is 2.13. The number of phenolic OH excluding ortho intramolecular Hbond substituents is 1. The Bertz CT molecular complexity index is 604. The zero-order valence-electron chi connectivity index (χ0n) is 9.02. The molecule has 1 aromatic heterocycles. The van der Waals surface area contributed by atoms with E-state index in [0.717, 1.165) is 6.20 Å². The number of anilines is 1. The average Bonchev–Trinajstić information content (AvgIpc) is 2.33. The molecule has 0 radical (unpaired) electrons. The van der Waals surface area contributed by atoms with Crippen molar-refractivity contribution < 1.29 is 14.3 Å². The number of benzene rings is 1. The quantitative estimate of drug-likeness (QED) is 0.822.